The second-order valence-corrected chi connectivity index (χ2v) is 10.00. The molecule has 2 heterocycles. The summed E-state index contributed by atoms with van der Waals surface area (Å²) < 4.78 is 38.5. The van der Waals surface area contributed by atoms with Crippen LogP contribution in [0.1, 0.15) is 26.2 Å². The summed E-state index contributed by atoms with van der Waals surface area (Å²) in [5.41, 5.74) is 1.01. The summed E-state index contributed by atoms with van der Waals surface area (Å²) in [6.45, 7) is 2.32. The van der Waals surface area contributed by atoms with Crippen LogP contribution in [0.3, 0.4) is 0 Å². The van der Waals surface area contributed by atoms with Crippen LogP contribution in [0.4, 0.5) is 11.4 Å². The van der Waals surface area contributed by atoms with Crippen LogP contribution in [-0.4, -0.2) is 50.8 Å². The lowest BCUT2D eigenvalue weighted by molar-refractivity contribution is -0.123. The van der Waals surface area contributed by atoms with E-state index in [1.165, 1.54) is 16.4 Å². The molecule has 0 bridgehead atoms. The number of carbonyl (C=O) groups is 2. The van der Waals surface area contributed by atoms with Gasteiger partial charge in [0.05, 0.1) is 17.7 Å². The van der Waals surface area contributed by atoms with Crippen molar-refractivity contribution < 1.29 is 27.5 Å². The minimum absolute atomic E-state index is 0.0845. The molecule has 10 heteroatoms. The van der Waals surface area contributed by atoms with Crippen molar-refractivity contribution >= 4 is 33.2 Å². The first kappa shape index (κ1) is 23.1. The Kier molecular flexibility index (Phi) is 6.57. The van der Waals surface area contributed by atoms with Crippen molar-refractivity contribution in [1.29, 1.82) is 0 Å². The molecule has 1 atom stereocenters. The average molecular weight is 474 g/mol. The zero-order valence-corrected chi connectivity index (χ0v) is 19.4. The number of benzene rings is 2. The molecule has 0 aromatic heterocycles. The van der Waals surface area contributed by atoms with Crippen LogP contribution >= 0.6 is 0 Å². The van der Waals surface area contributed by atoms with Gasteiger partial charge in [-0.15, -0.1) is 0 Å². The summed E-state index contributed by atoms with van der Waals surface area (Å²) in [7, 11) is -2.19. The third kappa shape index (κ3) is 4.81. The van der Waals surface area contributed by atoms with Gasteiger partial charge in [0.1, 0.15) is 11.5 Å². The molecule has 2 N–H and O–H groups in total. The van der Waals surface area contributed by atoms with Crippen molar-refractivity contribution in [3.63, 3.8) is 0 Å². The summed E-state index contributed by atoms with van der Waals surface area (Å²) >= 11 is 0. The molecule has 2 amide bonds. The SMILES string of the molecule is CCC1Oc2ccc(S(=O)(=O)N3CCC(C(=O)Nc4ccc(OC)cc4)CC3)cc2NC1=O. The van der Waals surface area contributed by atoms with Gasteiger partial charge in [-0.1, -0.05) is 6.92 Å². The maximum Gasteiger partial charge on any atom is 0.265 e. The van der Waals surface area contributed by atoms with Crippen LogP contribution in [0, 0.1) is 5.92 Å². The van der Waals surface area contributed by atoms with Crippen molar-refractivity contribution in [2.45, 2.75) is 37.2 Å². The Morgan fingerprint density at radius 2 is 1.88 bits per heavy atom. The molecule has 2 aliphatic rings. The van der Waals surface area contributed by atoms with Crippen molar-refractivity contribution in [3.8, 4) is 11.5 Å². The fourth-order valence-corrected chi connectivity index (χ4v) is 5.48. The van der Waals surface area contributed by atoms with Gasteiger partial charge in [0.2, 0.25) is 15.9 Å². The average Bonchev–Trinajstić information content (AvgIpc) is 2.83. The molecule has 2 aromatic rings. The Labute approximate surface area is 193 Å². The van der Waals surface area contributed by atoms with E-state index in [0.717, 1.165) is 0 Å². The van der Waals surface area contributed by atoms with Gasteiger partial charge in [-0.25, -0.2) is 8.42 Å². The fraction of sp³-hybridized carbons (Fsp3) is 0.391. The van der Waals surface area contributed by atoms with Crippen molar-refractivity contribution in [2.75, 3.05) is 30.8 Å². The molecular formula is C23H27N3O6S. The third-order valence-electron chi connectivity index (χ3n) is 5.96. The maximum atomic E-state index is 13.2. The Morgan fingerprint density at radius 1 is 1.18 bits per heavy atom. The second-order valence-electron chi connectivity index (χ2n) is 8.06. The number of anilines is 2. The minimum Gasteiger partial charge on any atom is -0.497 e. The molecular weight excluding hydrogens is 446 g/mol. The first-order valence-corrected chi connectivity index (χ1v) is 12.3. The zero-order valence-electron chi connectivity index (χ0n) is 18.5. The quantitative estimate of drug-likeness (QED) is 0.667. The molecule has 176 valence electrons. The summed E-state index contributed by atoms with van der Waals surface area (Å²) in [5, 5.41) is 5.60. The Hall–Kier alpha value is -3.11. The number of hydrogen-bond acceptors (Lipinski definition) is 6. The Balaban J connectivity index is 1.39. The topological polar surface area (TPSA) is 114 Å². The van der Waals surface area contributed by atoms with E-state index < -0.39 is 16.1 Å². The van der Waals surface area contributed by atoms with Crippen LogP contribution in [0.5, 0.6) is 11.5 Å². The number of fused-ring (bicyclic) bond motifs is 1. The van der Waals surface area contributed by atoms with E-state index in [1.54, 1.807) is 37.4 Å². The Bertz CT molecular complexity index is 1140. The monoisotopic (exact) mass is 473 g/mol. The summed E-state index contributed by atoms with van der Waals surface area (Å²) in [6.07, 6.45) is 0.781. The van der Waals surface area contributed by atoms with Crippen molar-refractivity contribution in [1.82, 2.24) is 4.31 Å². The van der Waals surface area contributed by atoms with Crippen LogP contribution in [0.2, 0.25) is 0 Å². The van der Waals surface area contributed by atoms with Gasteiger partial charge in [0.25, 0.3) is 5.91 Å². The molecule has 4 rings (SSSR count). The van der Waals surface area contributed by atoms with E-state index in [-0.39, 0.29) is 35.7 Å². The molecule has 0 aliphatic carbocycles. The lowest BCUT2D eigenvalue weighted by Crippen LogP contribution is -2.41. The first-order valence-electron chi connectivity index (χ1n) is 10.9. The second kappa shape index (κ2) is 9.40. The number of methoxy groups -OCH3 is 1. The number of ether oxygens (including phenoxy) is 2. The molecule has 2 aromatic carbocycles. The third-order valence-corrected chi connectivity index (χ3v) is 7.86. The predicted octanol–water partition coefficient (Wildman–Crippen LogP) is 2.84. The smallest absolute Gasteiger partial charge is 0.265 e. The number of piperidine rings is 1. The zero-order chi connectivity index (χ0) is 23.6. The molecule has 33 heavy (non-hydrogen) atoms. The molecule has 1 fully saturated rings. The number of nitrogens with one attached hydrogen (secondary N) is 2. The van der Waals surface area contributed by atoms with Gasteiger partial charge in [-0.2, -0.15) is 4.31 Å². The van der Waals surface area contributed by atoms with Gasteiger partial charge in [-0.3, -0.25) is 9.59 Å². The maximum absolute atomic E-state index is 13.2. The molecule has 0 spiro atoms. The number of hydrogen-bond donors (Lipinski definition) is 2. The highest BCUT2D eigenvalue weighted by Gasteiger charge is 2.33. The lowest BCUT2D eigenvalue weighted by Gasteiger charge is -2.31. The summed E-state index contributed by atoms with van der Waals surface area (Å²) in [5.74, 6) is 0.458. The predicted molar refractivity (Wildman–Crippen MR) is 123 cm³/mol. The fourth-order valence-electron chi connectivity index (χ4n) is 3.98. The number of nitrogens with zero attached hydrogens (tertiary/aromatic N) is 1. The molecule has 1 unspecified atom stereocenters. The van der Waals surface area contributed by atoms with E-state index in [1.807, 2.05) is 6.92 Å². The van der Waals surface area contributed by atoms with E-state index in [9.17, 15) is 18.0 Å². The van der Waals surface area contributed by atoms with E-state index in [4.69, 9.17) is 9.47 Å². The van der Waals surface area contributed by atoms with Gasteiger partial charge >= 0.3 is 0 Å². The number of carbonyl (C=O) groups excluding carboxylic acids is 2. The van der Waals surface area contributed by atoms with Crippen molar-refractivity contribution in [2.24, 2.45) is 5.92 Å². The van der Waals surface area contributed by atoms with Gasteiger partial charge in [-0.05, 0) is 61.7 Å². The highest BCUT2D eigenvalue weighted by Crippen LogP contribution is 2.34. The van der Waals surface area contributed by atoms with Gasteiger partial charge in [0, 0.05) is 24.7 Å². The number of amides is 2. The van der Waals surface area contributed by atoms with E-state index >= 15 is 0 Å². The van der Waals surface area contributed by atoms with E-state index in [2.05, 4.69) is 10.6 Å². The minimum atomic E-state index is -3.77. The molecule has 0 saturated carbocycles. The van der Waals surface area contributed by atoms with Gasteiger partial charge in [0.15, 0.2) is 6.10 Å². The summed E-state index contributed by atoms with van der Waals surface area (Å²) in [4.78, 5) is 24.8. The highest BCUT2D eigenvalue weighted by atomic mass is 32.2. The normalized spacial score (nSPS) is 19.2. The van der Waals surface area contributed by atoms with Crippen molar-refractivity contribution in [3.05, 3.63) is 42.5 Å². The summed E-state index contributed by atoms with van der Waals surface area (Å²) in [6, 6.07) is 11.5. The van der Waals surface area contributed by atoms with Crippen LogP contribution in [-0.2, 0) is 19.6 Å². The lowest BCUT2D eigenvalue weighted by atomic mass is 9.97. The largest absolute Gasteiger partial charge is 0.497 e. The molecule has 2 aliphatic heterocycles. The van der Waals surface area contributed by atoms with Gasteiger partial charge < -0.3 is 20.1 Å². The Morgan fingerprint density at radius 3 is 2.52 bits per heavy atom. The molecule has 9 nitrogen and oxygen atoms in total. The van der Waals surface area contributed by atoms with Crippen LogP contribution in [0.15, 0.2) is 47.4 Å². The standard InChI is InChI=1S/C23H27N3O6S/c1-3-20-23(28)25-19-14-18(8-9-21(19)32-20)33(29,30)26-12-10-15(11-13-26)22(27)24-16-4-6-17(31-2)7-5-16/h4-9,14-15,20H,3,10-13H2,1-2H3,(H,24,27)(H,25,28). The highest BCUT2D eigenvalue weighted by molar-refractivity contribution is 7.89. The number of rotatable bonds is 6. The molecule has 0 radical (unpaired) electrons. The number of sulfonamides is 1. The molecule has 1 saturated heterocycles. The van der Waals surface area contributed by atoms with Crippen LogP contribution in [0.25, 0.3) is 0 Å². The van der Waals surface area contributed by atoms with Crippen LogP contribution < -0.4 is 20.1 Å². The first-order chi connectivity index (χ1) is 15.8. The van der Waals surface area contributed by atoms with E-state index in [0.29, 0.717) is 42.1 Å².